The first kappa shape index (κ1) is 20.0. The van der Waals surface area contributed by atoms with E-state index in [0.29, 0.717) is 32.4 Å². The highest BCUT2D eigenvalue weighted by atomic mass is 32.2. The number of hydroxylamine groups is 2. The fourth-order valence-electron chi connectivity index (χ4n) is 2.98. The maximum Gasteiger partial charge on any atom is 0.351 e. The minimum absolute atomic E-state index is 0.136. The second-order valence-corrected chi connectivity index (χ2v) is 8.92. The van der Waals surface area contributed by atoms with Gasteiger partial charge in [0.1, 0.15) is 6.04 Å². The molecular formula is C17H26N3O4S. The van der Waals surface area contributed by atoms with Crippen LogP contribution in [0, 0.1) is 17.5 Å². The van der Waals surface area contributed by atoms with Gasteiger partial charge in [-0.15, -0.1) is 0 Å². The van der Waals surface area contributed by atoms with Gasteiger partial charge >= 0.3 is 15.9 Å². The second kappa shape index (κ2) is 7.49. The van der Waals surface area contributed by atoms with Gasteiger partial charge in [0.15, 0.2) is 0 Å². The average molecular weight is 368 g/mol. The minimum atomic E-state index is -4.54. The van der Waals surface area contributed by atoms with Crippen LogP contribution in [0.5, 0.6) is 0 Å². The number of carbonyl (C=O) groups excluding carboxylic acids is 1. The molecule has 0 aromatic carbocycles. The topological polar surface area (TPSA) is 99.2 Å². The maximum absolute atomic E-state index is 13.8. The van der Waals surface area contributed by atoms with Crippen molar-refractivity contribution in [2.75, 3.05) is 13.1 Å². The molecule has 2 unspecified atom stereocenters. The fraction of sp³-hybridized carbons (Fsp3) is 0.588. The van der Waals surface area contributed by atoms with Gasteiger partial charge in [-0.3, -0.25) is 0 Å². The lowest BCUT2D eigenvalue weighted by Gasteiger charge is -2.46. The molecule has 0 bridgehead atoms. The van der Waals surface area contributed by atoms with E-state index in [1.165, 1.54) is 18.3 Å². The number of hydrogen-bond donors (Lipinski definition) is 1. The van der Waals surface area contributed by atoms with Crippen LogP contribution in [-0.2, 0) is 14.8 Å². The summed E-state index contributed by atoms with van der Waals surface area (Å²) in [5.74, 6) is -0.875. The number of nitrogens with one attached hydrogen (secondary N) is 1. The summed E-state index contributed by atoms with van der Waals surface area (Å²) in [4.78, 5) is 17.0. The zero-order valence-electron chi connectivity index (χ0n) is 14.8. The molecule has 0 aliphatic carbocycles. The fourth-order valence-corrected chi connectivity index (χ4v) is 4.77. The van der Waals surface area contributed by atoms with E-state index in [1.54, 1.807) is 19.9 Å². The van der Waals surface area contributed by atoms with Gasteiger partial charge < -0.3 is 10.5 Å². The number of rotatable bonds is 5. The molecule has 1 N–H and O–H groups in total. The molecule has 1 aliphatic rings. The number of pyridine rings is 1. The number of hydrogen-bond acceptors (Lipinski definition) is 6. The summed E-state index contributed by atoms with van der Waals surface area (Å²) in [7, 11) is -4.54. The molecule has 8 heteroatoms. The predicted molar refractivity (Wildman–Crippen MR) is 94.3 cm³/mol. The molecule has 1 saturated heterocycles. The Morgan fingerprint density at radius 2 is 2.12 bits per heavy atom. The lowest BCUT2D eigenvalue weighted by Crippen LogP contribution is -2.62. The summed E-state index contributed by atoms with van der Waals surface area (Å²) in [5.41, 5.74) is -1.15. The average Bonchev–Trinajstić information content (AvgIpc) is 2.90. The van der Waals surface area contributed by atoms with Crippen LogP contribution >= 0.6 is 0 Å². The van der Waals surface area contributed by atoms with Crippen molar-refractivity contribution in [3.8, 4) is 0 Å². The third-order valence-corrected chi connectivity index (χ3v) is 6.72. The standard InChI is InChI=1S/C17H26N3O4S/c1-4-17(2,3)16(21)20(22,14-8-7-11-18-13-10-14)25(23,24)15-9-5-6-12-19-15/h5-6,9,12,14,18H,1,4,7-8,10-11,13H2,2-3H3. The van der Waals surface area contributed by atoms with E-state index in [0.717, 1.165) is 0 Å². The van der Waals surface area contributed by atoms with Crippen molar-refractivity contribution in [1.82, 2.24) is 10.3 Å². The molecule has 1 aromatic heterocycles. The quantitative estimate of drug-likeness (QED) is 0.630. The lowest BCUT2D eigenvalue weighted by molar-refractivity contribution is -0.709. The summed E-state index contributed by atoms with van der Waals surface area (Å²) in [6.45, 7) is 8.05. The molecule has 1 aliphatic heterocycles. The number of aromatic nitrogens is 1. The highest BCUT2D eigenvalue weighted by molar-refractivity contribution is 7.86. The maximum atomic E-state index is 13.8. The molecule has 1 amide bonds. The molecule has 25 heavy (non-hydrogen) atoms. The summed E-state index contributed by atoms with van der Waals surface area (Å²) >= 11 is 0. The molecule has 7 nitrogen and oxygen atoms in total. The first-order valence-electron chi connectivity index (χ1n) is 8.49. The van der Waals surface area contributed by atoms with Crippen molar-refractivity contribution in [1.29, 1.82) is 0 Å². The second-order valence-electron chi connectivity index (χ2n) is 7.01. The number of quaternary nitrogens is 1. The molecule has 139 valence electrons. The third-order valence-electron chi connectivity index (χ3n) is 4.77. The van der Waals surface area contributed by atoms with E-state index in [1.807, 2.05) is 0 Å². The Morgan fingerprint density at radius 3 is 2.72 bits per heavy atom. The van der Waals surface area contributed by atoms with Gasteiger partial charge in [-0.1, -0.05) is 13.0 Å². The summed E-state index contributed by atoms with van der Waals surface area (Å²) < 4.78 is 24.5. The first-order valence-corrected chi connectivity index (χ1v) is 9.93. The van der Waals surface area contributed by atoms with Crippen molar-refractivity contribution in [2.24, 2.45) is 5.41 Å². The van der Waals surface area contributed by atoms with Crippen LogP contribution in [0.3, 0.4) is 0 Å². The molecule has 2 atom stereocenters. The lowest BCUT2D eigenvalue weighted by atomic mass is 9.88. The first-order chi connectivity index (χ1) is 11.7. The number of carbonyl (C=O) groups is 1. The van der Waals surface area contributed by atoms with Gasteiger partial charge in [-0.2, -0.15) is 12.5 Å². The summed E-state index contributed by atoms with van der Waals surface area (Å²) in [5, 5.41) is 16.6. The van der Waals surface area contributed by atoms with Crippen LogP contribution in [0.2, 0.25) is 0 Å². The van der Waals surface area contributed by atoms with Crippen LogP contribution < -0.4 is 5.32 Å². The smallest absolute Gasteiger partial charge is 0.351 e. The van der Waals surface area contributed by atoms with Crippen molar-refractivity contribution >= 4 is 15.9 Å². The Labute approximate surface area is 149 Å². The van der Waals surface area contributed by atoms with Crippen LogP contribution in [0.1, 0.15) is 39.5 Å². The van der Waals surface area contributed by atoms with Gasteiger partial charge in [0.2, 0.25) is 5.03 Å². The normalized spacial score (nSPS) is 22.0. The Kier molecular flexibility index (Phi) is 5.98. The number of sulfonamides is 1. The Hall–Kier alpha value is -1.35. The van der Waals surface area contributed by atoms with E-state index < -0.39 is 31.4 Å². The highest BCUT2D eigenvalue weighted by Crippen LogP contribution is 2.37. The van der Waals surface area contributed by atoms with Crippen molar-refractivity contribution < 1.29 is 17.3 Å². The van der Waals surface area contributed by atoms with Crippen LogP contribution in [-0.4, -0.2) is 42.5 Å². The van der Waals surface area contributed by atoms with Gasteiger partial charge in [0.05, 0.1) is 5.41 Å². The molecule has 1 fully saturated rings. The van der Waals surface area contributed by atoms with Gasteiger partial charge in [0.25, 0.3) is 0 Å². The molecule has 0 spiro atoms. The Balaban J connectivity index is 2.61. The summed E-state index contributed by atoms with van der Waals surface area (Å²) in [6, 6.07) is 3.46. The van der Waals surface area contributed by atoms with Crippen molar-refractivity contribution in [2.45, 2.75) is 50.6 Å². The summed E-state index contributed by atoms with van der Waals surface area (Å²) in [6.07, 6.45) is 2.76. The zero-order chi connectivity index (χ0) is 18.7. The van der Waals surface area contributed by atoms with E-state index in [2.05, 4.69) is 17.2 Å². The van der Waals surface area contributed by atoms with Crippen LogP contribution in [0.25, 0.3) is 0 Å². The van der Waals surface area contributed by atoms with Crippen molar-refractivity contribution in [3.05, 3.63) is 36.5 Å². The third kappa shape index (κ3) is 3.62. The largest absolute Gasteiger partial charge is 0.608 e. The van der Waals surface area contributed by atoms with E-state index >= 15 is 0 Å². The van der Waals surface area contributed by atoms with E-state index in [9.17, 15) is 18.4 Å². The van der Waals surface area contributed by atoms with E-state index in [4.69, 9.17) is 0 Å². The molecule has 1 radical (unpaired) electrons. The van der Waals surface area contributed by atoms with Gasteiger partial charge in [-0.05, 0) is 45.4 Å². The number of amides is 1. The van der Waals surface area contributed by atoms with Crippen molar-refractivity contribution in [3.63, 3.8) is 0 Å². The Bertz CT molecular complexity index is 698. The number of nitrogens with zero attached hydrogens (tertiary/aromatic N) is 2. The molecule has 0 saturated carbocycles. The van der Waals surface area contributed by atoms with Gasteiger partial charge in [0, 0.05) is 25.6 Å². The molecule has 2 rings (SSSR count). The minimum Gasteiger partial charge on any atom is -0.608 e. The Morgan fingerprint density at radius 1 is 1.40 bits per heavy atom. The van der Waals surface area contributed by atoms with E-state index in [-0.39, 0.29) is 11.4 Å². The predicted octanol–water partition coefficient (Wildman–Crippen LogP) is 2.00. The molecule has 2 heterocycles. The van der Waals surface area contributed by atoms with Crippen LogP contribution in [0.15, 0.2) is 29.4 Å². The SMILES string of the molecule is [CH2]CC(C)(C)C(=O)[N+]([O-])(C1CCCNCC1)S(=O)(=O)c1ccccn1. The van der Waals surface area contributed by atoms with Crippen LogP contribution in [0.4, 0.5) is 0 Å². The highest BCUT2D eigenvalue weighted by Gasteiger charge is 2.53. The molecule has 1 aromatic rings. The van der Waals surface area contributed by atoms with Gasteiger partial charge in [-0.25, -0.2) is 9.78 Å². The monoisotopic (exact) mass is 368 g/mol. The zero-order valence-corrected chi connectivity index (χ0v) is 15.6. The molecular weight excluding hydrogens is 342 g/mol.